The molecule has 0 aliphatic carbocycles. The number of carbonyl (C=O) groups is 4. The highest BCUT2D eigenvalue weighted by atomic mass is 16.7. The molecule has 0 bridgehead atoms. The number of carbonyl (C=O) groups excluding carboxylic acids is 3. The highest BCUT2D eigenvalue weighted by Gasteiger charge is 2.55. The number of fused-ring (bicyclic) bond motifs is 1. The van der Waals surface area contributed by atoms with Gasteiger partial charge in [0.1, 0.15) is 29.2 Å². The number of aryl methyl sites for hydroxylation is 1. The van der Waals surface area contributed by atoms with Crippen LogP contribution in [-0.2, 0) is 74.7 Å². The molecule has 1 aromatic carbocycles. The summed E-state index contributed by atoms with van der Waals surface area (Å²) in [7, 11) is 6.77. The van der Waals surface area contributed by atoms with Gasteiger partial charge in [0.15, 0.2) is 18.7 Å². The van der Waals surface area contributed by atoms with Gasteiger partial charge in [-0.15, -0.1) is 0 Å². The summed E-state index contributed by atoms with van der Waals surface area (Å²) in [5.41, 5.74) is -0.928. The lowest BCUT2D eigenvalue weighted by Crippen LogP contribution is -2.61. The number of hydrogen-bond donors (Lipinski definition) is 4. The number of aliphatic hydroxyl groups excluding tert-OH is 2. The van der Waals surface area contributed by atoms with E-state index in [-0.39, 0.29) is 43.6 Å². The second-order valence-corrected chi connectivity index (χ2v) is 23.2. The van der Waals surface area contributed by atoms with Gasteiger partial charge in [-0.05, 0) is 125 Å². The first-order valence-corrected chi connectivity index (χ1v) is 28.0. The number of Topliss-reactive ketones (excluding diaryl/α,β-unsaturated/α-hetero) is 1. The van der Waals surface area contributed by atoms with E-state index in [1.54, 1.807) is 47.7 Å². The third-order valence-electron chi connectivity index (χ3n) is 16.9. The van der Waals surface area contributed by atoms with E-state index in [2.05, 4.69) is 18.2 Å². The van der Waals surface area contributed by atoms with E-state index in [1.165, 1.54) is 21.1 Å². The van der Waals surface area contributed by atoms with Crippen molar-refractivity contribution in [2.24, 2.45) is 23.7 Å². The molecule has 0 radical (unpaired) electrons. The van der Waals surface area contributed by atoms with Gasteiger partial charge in [0.25, 0.3) is 0 Å². The average molecular weight is 1090 g/mol. The Bertz CT molecular complexity index is 2160. The fraction of sp³-hybridized carbons (Fsp3) is 0.793. The molecule has 3 fully saturated rings. The van der Waals surface area contributed by atoms with Crippen LogP contribution in [0.2, 0.25) is 0 Å². The molecule has 0 amide bonds. The molecule has 438 valence electrons. The number of cyclic esters (lactones) is 1. The van der Waals surface area contributed by atoms with Crippen LogP contribution in [0.3, 0.4) is 0 Å². The van der Waals surface area contributed by atoms with Crippen LogP contribution in [0.4, 0.5) is 5.69 Å². The third-order valence-corrected chi connectivity index (χ3v) is 16.9. The number of esters is 2. The van der Waals surface area contributed by atoms with Crippen LogP contribution in [0.1, 0.15) is 139 Å². The number of ether oxygens (including phenoxy) is 9. The van der Waals surface area contributed by atoms with Crippen LogP contribution in [0.25, 0.3) is 0 Å². The average Bonchev–Trinajstić information content (AvgIpc) is 3.39. The molecule has 3 saturated heterocycles. The lowest BCUT2D eigenvalue weighted by atomic mass is 9.74. The largest absolute Gasteiger partial charge is 0.478 e. The normalized spacial score (nSPS) is 37.6. The van der Waals surface area contributed by atoms with E-state index in [1.807, 2.05) is 51.6 Å². The molecule has 77 heavy (non-hydrogen) atoms. The smallest absolute Gasteiger partial charge is 0.333 e. The van der Waals surface area contributed by atoms with Crippen LogP contribution in [0.15, 0.2) is 30.0 Å². The SMILES string of the molecule is CC[C@H]1OC(=O)[C@H](C)[C@@H](O[C@H]2C[C@@](C)(OC)[C@@H](OC(=O)CCCCOCCCc3ccc4c(c3)CC(C(=O)O)=CN4CC)[C@H](C)O2)[C@H](C)[C@@H](O[C@@H]2O[C@H](C)C[C@H](N(C)C)[C@H]2O)[C@](C)(OC)C[C@@H](C)C(=O)[C@H](C)[C@@H](O)[C@]1(C)O. The zero-order chi connectivity index (χ0) is 57.3. The fourth-order valence-electron chi connectivity index (χ4n) is 12.1. The van der Waals surface area contributed by atoms with E-state index in [0.29, 0.717) is 51.0 Å². The Morgan fingerprint density at radius 2 is 1.53 bits per heavy atom. The molecule has 0 spiro atoms. The number of aliphatic hydroxyl groups is 3. The summed E-state index contributed by atoms with van der Waals surface area (Å²) in [6.07, 6.45) is -4.36. The summed E-state index contributed by atoms with van der Waals surface area (Å²) in [4.78, 5) is 57.8. The van der Waals surface area contributed by atoms with Crippen LogP contribution >= 0.6 is 0 Å². The summed E-state index contributed by atoms with van der Waals surface area (Å²) in [6.45, 7) is 20.8. The van der Waals surface area contributed by atoms with Crippen molar-refractivity contribution in [3.05, 3.63) is 41.1 Å². The van der Waals surface area contributed by atoms with Crippen molar-refractivity contribution in [1.29, 1.82) is 0 Å². The molecule has 4 heterocycles. The van der Waals surface area contributed by atoms with Crippen LogP contribution in [0, 0.1) is 23.7 Å². The lowest BCUT2D eigenvalue weighted by molar-refractivity contribution is -0.320. The molecule has 0 saturated carbocycles. The summed E-state index contributed by atoms with van der Waals surface area (Å²) >= 11 is 0. The maximum Gasteiger partial charge on any atom is 0.333 e. The molecule has 18 atom stereocenters. The van der Waals surface area contributed by atoms with Gasteiger partial charge in [0.2, 0.25) is 0 Å². The Hall–Kier alpha value is -3.60. The molecule has 0 aromatic heterocycles. The summed E-state index contributed by atoms with van der Waals surface area (Å²) in [5.74, 6) is -6.09. The summed E-state index contributed by atoms with van der Waals surface area (Å²) in [5, 5.41) is 44.9. The predicted molar refractivity (Wildman–Crippen MR) is 287 cm³/mol. The van der Waals surface area contributed by atoms with Crippen molar-refractivity contribution in [1.82, 2.24) is 4.90 Å². The van der Waals surface area contributed by atoms with Gasteiger partial charge in [-0.3, -0.25) is 14.4 Å². The van der Waals surface area contributed by atoms with Crippen molar-refractivity contribution >= 4 is 29.4 Å². The number of nitrogens with zero attached hydrogens (tertiary/aromatic N) is 2. The molecule has 19 heteroatoms. The van der Waals surface area contributed by atoms with Crippen LogP contribution < -0.4 is 4.90 Å². The van der Waals surface area contributed by atoms with E-state index in [0.717, 1.165) is 29.7 Å². The van der Waals surface area contributed by atoms with Gasteiger partial charge < -0.3 is 72.9 Å². The number of carboxylic acids is 1. The molecule has 1 aromatic rings. The highest BCUT2D eigenvalue weighted by molar-refractivity contribution is 5.89. The number of aliphatic carboxylic acids is 1. The van der Waals surface area contributed by atoms with Crippen molar-refractivity contribution in [3.63, 3.8) is 0 Å². The van der Waals surface area contributed by atoms with Gasteiger partial charge in [-0.25, -0.2) is 4.79 Å². The zero-order valence-electron chi connectivity index (χ0n) is 48.7. The number of benzene rings is 1. The molecular formula is C58H94N2O17. The van der Waals surface area contributed by atoms with Crippen molar-refractivity contribution in [2.45, 2.75) is 225 Å². The van der Waals surface area contributed by atoms with E-state index >= 15 is 0 Å². The minimum absolute atomic E-state index is 0.0646. The molecule has 4 N–H and O–H groups in total. The van der Waals surface area contributed by atoms with Crippen molar-refractivity contribution in [2.75, 3.05) is 53.0 Å². The molecule has 0 unspecified atom stereocenters. The lowest BCUT2D eigenvalue weighted by Gasteiger charge is -2.50. The predicted octanol–water partition coefficient (Wildman–Crippen LogP) is 6.16. The van der Waals surface area contributed by atoms with Gasteiger partial charge >= 0.3 is 17.9 Å². The number of carboxylic acid groups (broad SMARTS) is 1. The first kappa shape index (κ1) is 64.2. The summed E-state index contributed by atoms with van der Waals surface area (Å²) in [6, 6.07) is 5.89. The minimum Gasteiger partial charge on any atom is -0.478 e. The first-order chi connectivity index (χ1) is 36.2. The standard InChI is InChI=1S/C58H94N2O17/c1-16-44-58(11,68)50(64)35(5)47(62)33(3)30-56(9,69-14)51(77-55-48(63)43(59(12)13)27-34(4)72-55)36(6)49(37(7)54(67)74-44)76-46-31-57(10,70-15)52(38(8)73-46)75-45(61)22-18-19-25-71-26-20-21-39-23-24-42-40(28-39)29-41(53(65)66)32-60(42)17-2/h23-24,28,32-38,43-44,46,48-52,55,63-64,68H,16-22,25-27,29-31H2,1-15H3,(H,65,66)/t33-,34-,35+,36+,37-,38+,43+,44-,46+,48-,49+,50-,51-,52+,55+,56-,57-,58-/m1/s1. The first-order valence-electron chi connectivity index (χ1n) is 28.0. The molecule has 4 aliphatic rings. The Morgan fingerprint density at radius 3 is 2.16 bits per heavy atom. The van der Waals surface area contributed by atoms with E-state index in [4.69, 9.17) is 42.6 Å². The Labute approximate surface area is 457 Å². The van der Waals surface area contributed by atoms with E-state index in [9.17, 15) is 39.6 Å². The Balaban J connectivity index is 1.29. The quantitative estimate of drug-likeness (QED) is 0.0845. The van der Waals surface area contributed by atoms with Gasteiger partial charge in [0.05, 0.1) is 47.6 Å². The monoisotopic (exact) mass is 1090 g/mol. The van der Waals surface area contributed by atoms with Crippen LogP contribution in [-0.4, -0.2) is 181 Å². The van der Waals surface area contributed by atoms with Crippen LogP contribution in [0.5, 0.6) is 0 Å². The zero-order valence-corrected chi connectivity index (χ0v) is 48.7. The molecule has 5 rings (SSSR count). The van der Waals surface area contributed by atoms with Crippen molar-refractivity contribution < 1.29 is 82.2 Å². The minimum atomic E-state index is -2.02. The van der Waals surface area contributed by atoms with Gasteiger partial charge in [-0.2, -0.15) is 0 Å². The molecule has 19 nitrogen and oxygen atoms in total. The molecule has 4 aliphatic heterocycles. The number of hydrogen-bond acceptors (Lipinski definition) is 18. The number of ketones is 1. The topological polar surface area (TPSA) is 239 Å². The molecular weight excluding hydrogens is 997 g/mol. The summed E-state index contributed by atoms with van der Waals surface area (Å²) < 4.78 is 57.3. The fourth-order valence-corrected chi connectivity index (χ4v) is 12.1. The third kappa shape index (κ3) is 15.4. The Morgan fingerprint density at radius 1 is 0.870 bits per heavy atom. The van der Waals surface area contributed by atoms with Gasteiger partial charge in [-0.1, -0.05) is 39.8 Å². The number of methoxy groups -OCH3 is 2. The highest BCUT2D eigenvalue weighted by Crippen LogP contribution is 2.43. The maximum absolute atomic E-state index is 14.6. The number of anilines is 1. The van der Waals surface area contributed by atoms with Gasteiger partial charge in [0, 0.05) is 88.9 Å². The Kier molecular flexibility index (Phi) is 23.1. The number of unbranched alkanes of at least 4 members (excludes halogenated alkanes) is 1. The van der Waals surface area contributed by atoms with Crippen molar-refractivity contribution in [3.8, 4) is 0 Å². The number of rotatable bonds is 20. The second kappa shape index (κ2) is 27.7. The second-order valence-electron chi connectivity index (χ2n) is 23.2. The maximum atomic E-state index is 14.6. The van der Waals surface area contributed by atoms with E-state index < -0.39 is 114 Å². The number of likely N-dealkylation sites (N-methyl/N-ethyl adjacent to an activating group) is 1.